The van der Waals surface area contributed by atoms with Crippen molar-refractivity contribution in [1.29, 1.82) is 0 Å². The fourth-order valence-electron chi connectivity index (χ4n) is 3.77. The third kappa shape index (κ3) is 3.16. The zero-order valence-corrected chi connectivity index (χ0v) is 17.3. The Hall–Kier alpha value is -3.23. The standard InChI is InChI=1S/C24H22N2O2S/c1-4-16-26(29(27,28)20-13-10-18(3)11-14-20)19-12-15-24-22(17-19)21-8-6-7-9-23(21)25(24)5-2/h1,6-15,17H,5,16H2,2-3H3. The zero-order valence-electron chi connectivity index (χ0n) is 16.5. The van der Waals surface area contributed by atoms with E-state index in [2.05, 4.69) is 29.5 Å². The van der Waals surface area contributed by atoms with Crippen LogP contribution in [0.3, 0.4) is 0 Å². The lowest BCUT2D eigenvalue weighted by molar-refractivity contribution is 0.593. The maximum absolute atomic E-state index is 13.3. The molecule has 0 atom stereocenters. The normalized spacial score (nSPS) is 11.6. The van der Waals surface area contributed by atoms with Crippen LogP contribution in [0.15, 0.2) is 71.6 Å². The zero-order chi connectivity index (χ0) is 20.6. The summed E-state index contributed by atoms with van der Waals surface area (Å²) in [5.74, 6) is 2.50. The molecule has 4 nitrogen and oxygen atoms in total. The van der Waals surface area contributed by atoms with Gasteiger partial charge in [0.25, 0.3) is 10.0 Å². The summed E-state index contributed by atoms with van der Waals surface area (Å²) in [6, 6.07) is 20.7. The molecule has 0 saturated carbocycles. The fourth-order valence-corrected chi connectivity index (χ4v) is 5.14. The molecule has 0 aliphatic heterocycles. The number of sulfonamides is 1. The lowest BCUT2D eigenvalue weighted by Gasteiger charge is -2.22. The molecule has 0 bridgehead atoms. The first-order chi connectivity index (χ1) is 14.0. The molecule has 29 heavy (non-hydrogen) atoms. The molecule has 1 aromatic heterocycles. The van der Waals surface area contributed by atoms with Crippen LogP contribution in [0.4, 0.5) is 5.69 Å². The van der Waals surface area contributed by atoms with Crippen LogP contribution < -0.4 is 4.31 Å². The molecule has 0 fully saturated rings. The Labute approximate surface area is 171 Å². The smallest absolute Gasteiger partial charge is 0.265 e. The molecule has 0 radical (unpaired) electrons. The molecule has 0 saturated heterocycles. The number of aryl methyl sites for hydroxylation is 2. The van der Waals surface area contributed by atoms with E-state index in [0.717, 1.165) is 33.9 Å². The second-order valence-electron chi connectivity index (χ2n) is 6.99. The molecule has 0 N–H and O–H groups in total. The second kappa shape index (κ2) is 7.31. The highest BCUT2D eigenvalue weighted by Gasteiger charge is 2.25. The molecule has 1 heterocycles. The minimum atomic E-state index is -3.77. The van der Waals surface area contributed by atoms with Gasteiger partial charge >= 0.3 is 0 Å². The molecule has 0 unspecified atom stereocenters. The number of hydrogen-bond donors (Lipinski definition) is 0. The van der Waals surface area contributed by atoms with Crippen molar-refractivity contribution in [2.45, 2.75) is 25.3 Å². The van der Waals surface area contributed by atoms with Crippen LogP contribution in [0.25, 0.3) is 21.8 Å². The Morgan fingerprint density at radius 2 is 1.66 bits per heavy atom. The van der Waals surface area contributed by atoms with Crippen molar-refractivity contribution in [3.8, 4) is 12.3 Å². The van der Waals surface area contributed by atoms with Gasteiger partial charge in [-0.05, 0) is 50.2 Å². The molecule has 0 spiro atoms. The van der Waals surface area contributed by atoms with Crippen LogP contribution in [0, 0.1) is 19.3 Å². The summed E-state index contributed by atoms with van der Waals surface area (Å²) in [6.45, 7) is 4.83. The summed E-state index contributed by atoms with van der Waals surface area (Å²) >= 11 is 0. The van der Waals surface area contributed by atoms with Crippen molar-refractivity contribution in [3.63, 3.8) is 0 Å². The summed E-state index contributed by atoms with van der Waals surface area (Å²) in [4.78, 5) is 0.231. The van der Waals surface area contributed by atoms with Crippen LogP contribution in [0.2, 0.25) is 0 Å². The van der Waals surface area contributed by atoms with E-state index in [9.17, 15) is 8.42 Å². The molecule has 146 valence electrons. The number of benzene rings is 3. The second-order valence-corrected chi connectivity index (χ2v) is 8.85. The van der Waals surface area contributed by atoms with Crippen molar-refractivity contribution in [1.82, 2.24) is 4.57 Å². The Morgan fingerprint density at radius 3 is 2.34 bits per heavy atom. The predicted octanol–water partition coefficient (Wildman–Crippen LogP) is 4.95. The van der Waals surface area contributed by atoms with Gasteiger partial charge in [0.15, 0.2) is 0 Å². The predicted molar refractivity (Wildman–Crippen MR) is 120 cm³/mol. The van der Waals surface area contributed by atoms with Crippen LogP contribution in [-0.4, -0.2) is 19.5 Å². The van der Waals surface area contributed by atoms with E-state index in [1.165, 1.54) is 4.31 Å². The van der Waals surface area contributed by atoms with Gasteiger partial charge in [-0.2, -0.15) is 0 Å². The van der Waals surface area contributed by atoms with E-state index < -0.39 is 10.0 Å². The maximum Gasteiger partial charge on any atom is 0.265 e. The summed E-state index contributed by atoms with van der Waals surface area (Å²) in [6.07, 6.45) is 5.53. The number of nitrogens with zero attached hydrogens (tertiary/aromatic N) is 2. The maximum atomic E-state index is 13.3. The van der Waals surface area contributed by atoms with Gasteiger partial charge in [0.1, 0.15) is 0 Å². The molecule has 0 aliphatic rings. The van der Waals surface area contributed by atoms with Crippen molar-refractivity contribution in [2.75, 3.05) is 10.8 Å². The number of anilines is 1. The van der Waals surface area contributed by atoms with E-state index in [-0.39, 0.29) is 11.4 Å². The molecule has 0 aliphatic carbocycles. The molecule has 3 aromatic carbocycles. The first kappa shape index (κ1) is 19.1. The SMILES string of the molecule is C#CCN(c1ccc2c(c1)c1ccccc1n2CC)S(=O)(=O)c1ccc(C)cc1. The van der Waals surface area contributed by atoms with Gasteiger partial charge in [-0.3, -0.25) is 4.31 Å². The van der Waals surface area contributed by atoms with Crippen molar-refractivity contribution in [3.05, 3.63) is 72.3 Å². The lowest BCUT2D eigenvalue weighted by atomic mass is 10.1. The summed E-state index contributed by atoms with van der Waals surface area (Å²) in [5.41, 5.74) is 3.77. The van der Waals surface area contributed by atoms with Crippen LogP contribution in [0.1, 0.15) is 12.5 Å². The van der Waals surface area contributed by atoms with Crippen LogP contribution in [-0.2, 0) is 16.6 Å². The van der Waals surface area contributed by atoms with Gasteiger partial charge in [-0.15, -0.1) is 6.42 Å². The molecular weight excluding hydrogens is 380 g/mol. The van der Waals surface area contributed by atoms with Gasteiger partial charge in [-0.1, -0.05) is 41.8 Å². The Bertz CT molecular complexity index is 1340. The molecule has 0 amide bonds. The number of fused-ring (bicyclic) bond motifs is 3. The average molecular weight is 403 g/mol. The van der Waals surface area contributed by atoms with Crippen molar-refractivity contribution in [2.24, 2.45) is 0 Å². The first-order valence-corrected chi connectivity index (χ1v) is 10.9. The fraction of sp³-hybridized carbons (Fsp3) is 0.167. The molecule has 4 rings (SSSR count). The largest absolute Gasteiger partial charge is 0.341 e. The Morgan fingerprint density at radius 1 is 0.966 bits per heavy atom. The van der Waals surface area contributed by atoms with Crippen LogP contribution >= 0.6 is 0 Å². The summed E-state index contributed by atoms with van der Waals surface area (Å²) in [5, 5.41) is 2.11. The first-order valence-electron chi connectivity index (χ1n) is 9.51. The monoisotopic (exact) mass is 402 g/mol. The topological polar surface area (TPSA) is 42.3 Å². The van der Waals surface area contributed by atoms with Crippen LogP contribution in [0.5, 0.6) is 0 Å². The summed E-state index contributed by atoms with van der Waals surface area (Å²) < 4.78 is 30.2. The van der Waals surface area contributed by atoms with Crippen molar-refractivity contribution >= 4 is 37.5 Å². The number of hydrogen-bond acceptors (Lipinski definition) is 2. The van der Waals surface area contributed by atoms with Gasteiger partial charge in [0.2, 0.25) is 0 Å². The molecule has 4 aromatic rings. The third-order valence-electron chi connectivity index (χ3n) is 5.20. The van der Waals surface area contributed by atoms with E-state index in [4.69, 9.17) is 6.42 Å². The van der Waals surface area contributed by atoms with E-state index in [1.54, 1.807) is 24.3 Å². The summed E-state index contributed by atoms with van der Waals surface area (Å²) in [7, 11) is -3.77. The third-order valence-corrected chi connectivity index (χ3v) is 6.99. The highest BCUT2D eigenvalue weighted by Crippen LogP contribution is 2.33. The van der Waals surface area contributed by atoms with Gasteiger partial charge in [0.05, 0.1) is 17.1 Å². The number of aromatic nitrogens is 1. The van der Waals surface area contributed by atoms with E-state index in [1.807, 2.05) is 37.3 Å². The molecular formula is C24H22N2O2S. The van der Waals surface area contributed by atoms with Gasteiger partial charge in [0, 0.05) is 28.4 Å². The van der Waals surface area contributed by atoms with E-state index >= 15 is 0 Å². The molecule has 5 heteroatoms. The number of para-hydroxylation sites is 1. The van der Waals surface area contributed by atoms with Crippen molar-refractivity contribution < 1.29 is 8.42 Å². The number of rotatable bonds is 5. The quantitative estimate of drug-likeness (QED) is 0.443. The average Bonchev–Trinajstić information content (AvgIpc) is 3.05. The Kier molecular flexibility index (Phi) is 4.81. The van der Waals surface area contributed by atoms with Gasteiger partial charge < -0.3 is 4.57 Å². The minimum absolute atomic E-state index is 0.0336. The van der Waals surface area contributed by atoms with Gasteiger partial charge in [-0.25, -0.2) is 8.42 Å². The number of terminal acetylenes is 1. The highest BCUT2D eigenvalue weighted by molar-refractivity contribution is 7.92. The van der Waals surface area contributed by atoms with E-state index in [0.29, 0.717) is 5.69 Å². The lowest BCUT2D eigenvalue weighted by Crippen LogP contribution is -2.31. The Balaban J connectivity index is 1.92. The highest BCUT2D eigenvalue weighted by atomic mass is 32.2. The minimum Gasteiger partial charge on any atom is -0.341 e.